The lowest BCUT2D eigenvalue weighted by Gasteiger charge is -2.44. The van der Waals surface area contributed by atoms with Crippen LogP contribution in [0.4, 0.5) is 13.2 Å². The van der Waals surface area contributed by atoms with Crippen molar-refractivity contribution in [3.05, 3.63) is 17.0 Å². The fourth-order valence-corrected chi connectivity index (χ4v) is 1.77. The van der Waals surface area contributed by atoms with E-state index in [1.807, 2.05) is 0 Å². The molecule has 7 heteroatoms. The molecule has 1 aliphatic heterocycles. The molecule has 1 fully saturated rings. The number of allylic oxidation sites excluding steroid dienone is 1. The number of hydrogen-bond acceptors (Lipinski definition) is 4. The maximum Gasteiger partial charge on any atom is 0.454 e. The van der Waals surface area contributed by atoms with Crippen molar-refractivity contribution in [1.82, 2.24) is 10.4 Å². The Hall–Kier alpha value is -1.08. The summed E-state index contributed by atoms with van der Waals surface area (Å²) in [6.45, 7) is 5.97. The van der Waals surface area contributed by atoms with Crippen LogP contribution in [0.2, 0.25) is 0 Å². The standard InChI is InChI=1S/C10H14F3N2O2/c1-8(2)6(5-7(16)10(11,12)13)14-9(3,4)15(8)17/h5,14H,1-4H3/q-1/b6-5+. The predicted molar refractivity (Wildman–Crippen MR) is 55.6 cm³/mol. The van der Waals surface area contributed by atoms with Crippen LogP contribution in [0.1, 0.15) is 27.7 Å². The fraction of sp³-hybridized carbons (Fsp3) is 0.700. The number of carbonyl (C=O) groups is 1. The lowest BCUT2D eigenvalue weighted by atomic mass is 10.0. The number of nitrogens with zero attached hydrogens (tertiary/aromatic N) is 1. The van der Waals surface area contributed by atoms with Crippen molar-refractivity contribution in [2.24, 2.45) is 0 Å². The third-order valence-corrected chi connectivity index (χ3v) is 2.67. The predicted octanol–water partition coefficient (Wildman–Crippen LogP) is 1.92. The monoisotopic (exact) mass is 251 g/mol. The highest BCUT2D eigenvalue weighted by atomic mass is 19.4. The quantitative estimate of drug-likeness (QED) is 0.723. The van der Waals surface area contributed by atoms with Crippen LogP contribution in [-0.2, 0) is 4.79 Å². The first-order valence-corrected chi connectivity index (χ1v) is 4.98. The van der Waals surface area contributed by atoms with Crippen LogP contribution in [0.15, 0.2) is 11.8 Å². The third-order valence-electron chi connectivity index (χ3n) is 2.67. The molecule has 0 aromatic rings. The summed E-state index contributed by atoms with van der Waals surface area (Å²) in [5, 5.41) is 15.1. The van der Waals surface area contributed by atoms with Gasteiger partial charge >= 0.3 is 6.18 Å². The Morgan fingerprint density at radius 2 is 1.82 bits per heavy atom. The lowest BCUT2D eigenvalue weighted by molar-refractivity contribution is -0.165. The van der Waals surface area contributed by atoms with Crippen molar-refractivity contribution in [1.29, 1.82) is 0 Å². The average molecular weight is 251 g/mol. The molecular formula is C10H14F3N2O2-. The summed E-state index contributed by atoms with van der Waals surface area (Å²) in [6.07, 6.45) is -4.48. The van der Waals surface area contributed by atoms with Gasteiger partial charge in [0.25, 0.3) is 5.78 Å². The van der Waals surface area contributed by atoms with E-state index in [4.69, 9.17) is 0 Å². The van der Waals surface area contributed by atoms with Gasteiger partial charge in [-0.1, -0.05) is 0 Å². The van der Waals surface area contributed by atoms with E-state index in [-0.39, 0.29) is 5.70 Å². The van der Waals surface area contributed by atoms with E-state index in [1.54, 1.807) is 0 Å². The highest BCUT2D eigenvalue weighted by Crippen LogP contribution is 2.36. The van der Waals surface area contributed by atoms with Crippen LogP contribution in [0, 0.1) is 5.21 Å². The topological polar surface area (TPSA) is 55.4 Å². The maximum atomic E-state index is 12.1. The SMILES string of the molecule is CC1(C)N/C(=C/C(=O)C(F)(F)F)C(C)(C)N1[O-]. The third kappa shape index (κ3) is 2.44. The molecule has 17 heavy (non-hydrogen) atoms. The number of hydroxylamine groups is 2. The first-order valence-electron chi connectivity index (χ1n) is 4.98. The van der Waals surface area contributed by atoms with Gasteiger partial charge in [-0.15, -0.1) is 0 Å². The molecule has 0 unspecified atom stereocenters. The number of alkyl halides is 3. The van der Waals surface area contributed by atoms with Gasteiger partial charge in [0.05, 0.1) is 5.66 Å². The summed E-state index contributed by atoms with van der Waals surface area (Å²) in [5.41, 5.74) is -2.26. The molecule has 1 rings (SSSR count). The van der Waals surface area contributed by atoms with Crippen molar-refractivity contribution < 1.29 is 18.0 Å². The molecule has 1 aliphatic rings. The molecular weight excluding hydrogens is 237 g/mol. The van der Waals surface area contributed by atoms with Crippen molar-refractivity contribution in [3.63, 3.8) is 0 Å². The smallest absolute Gasteiger partial charge is 0.454 e. The highest BCUT2D eigenvalue weighted by molar-refractivity contribution is 5.95. The van der Waals surface area contributed by atoms with Gasteiger partial charge in [-0.3, -0.25) is 4.79 Å². The fourth-order valence-electron chi connectivity index (χ4n) is 1.77. The summed E-state index contributed by atoms with van der Waals surface area (Å²) in [6, 6.07) is 0. The van der Waals surface area contributed by atoms with Gasteiger partial charge in [0, 0.05) is 17.3 Å². The number of nitrogens with one attached hydrogen (secondary N) is 1. The second kappa shape index (κ2) is 3.71. The van der Waals surface area contributed by atoms with E-state index in [2.05, 4.69) is 5.32 Å². The Balaban J connectivity index is 3.09. The van der Waals surface area contributed by atoms with Crippen molar-refractivity contribution in [3.8, 4) is 0 Å². The zero-order valence-corrected chi connectivity index (χ0v) is 9.97. The van der Waals surface area contributed by atoms with Crippen LogP contribution in [-0.4, -0.2) is 28.2 Å². The molecule has 0 spiro atoms. The molecule has 0 amide bonds. The molecule has 0 bridgehead atoms. The molecule has 0 aromatic carbocycles. The van der Waals surface area contributed by atoms with E-state index >= 15 is 0 Å². The van der Waals surface area contributed by atoms with Gasteiger partial charge in [0.2, 0.25) is 0 Å². The van der Waals surface area contributed by atoms with Gasteiger partial charge in [-0.25, -0.2) is 0 Å². The van der Waals surface area contributed by atoms with Crippen molar-refractivity contribution in [2.45, 2.75) is 45.1 Å². The lowest BCUT2D eigenvalue weighted by Crippen LogP contribution is -2.47. The summed E-state index contributed by atoms with van der Waals surface area (Å²) in [4.78, 5) is 10.9. The average Bonchev–Trinajstić information content (AvgIpc) is 2.26. The Labute approximate surface area is 97.0 Å². The molecule has 1 saturated heterocycles. The van der Waals surface area contributed by atoms with Gasteiger partial charge in [0.15, 0.2) is 0 Å². The number of carbonyl (C=O) groups excluding carboxylic acids is 1. The van der Waals surface area contributed by atoms with Crippen LogP contribution in [0.5, 0.6) is 0 Å². The number of rotatable bonds is 1. The highest BCUT2D eigenvalue weighted by Gasteiger charge is 2.44. The van der Waals surface area contributed by atoms with Gasteiger partial charge < -0.3 is 15.6 Å². The molecule has 0 atom stereocenters. The zero-order chi connectivity index (χ0) is 13.6. The molecule has 0 radical (unpaired) electrons. The molecule has 98 valence electrons. The Kier molecular flexibility index (Phi) is 3.05. The zero-order valence-electron chi connectivity index (χ0n) is 9.97. The second-order valence-electron chi connectivity index (χ2n) is 4.96. The second-order valence-corrected chi connectivity index (χ2v) is 4.96. The van der Waals surface area contributed by atoms with Crippen LogP contribution >= 0.6 is 0 Å². The molecule has 1 N–H and O–H groups in total. The molecule has 0 aromatic heterocycles. The molecule has 1 heterocycles. The molecule has 0 saturated carbocycles. The van der Waals surface area contributed by atoms with Crippen LogP contribution in [0.25, 0.3) is 0 Å². The van der Waals surface area contributed by atoms with Gasteiger partial charge in [-0.05, 0) is 27.7 Å². The minimum atomic E-state index is -4.93. The van der Waals surface area contributed by atoms with E-state index in [0.29, 0.717) is 11.1 Å². The van der Waals surface area contributed by atoms with E-state index in [1.165, 1.54) is 27.7 Å². The van der Waals surface area contributed by atoms with Crippen LogP contribution < -0.4 is 5.32 Å². The number of hydrogen-bond donors (Lipinski definition) is 1. The minimum absolute atomic E-state index is 0.0279. The Morgan fingerprint density at radius 3 is 2.12 bits per heavy atom. The summed E-state index contributed by atoms with van der Waals surface area (Å²) in [7, 11) is 0. The van der Waals surface area contributed by atoms with Crippen molar-refractivity contribution in [2.75, 3.05) is 0 Å². The number of halogens is 3. The van der Waals surface area contributed by atoms with E-state index in [0.717, 1.165) is 0 Å². The molecule has 0 aliphatic carbocycles. The van der Waals surface area contributed by atoms with E-state index in [9.17, 15) is 23.2 Å². The molecule has 4 nitrogen and oxygen atoms in total. The number of ketones is 1. The van der Waals surface area contributed by atoms with Gasteiger partial charge in [-0.2, -0.15) is 13.2 Å². The normalized spacial score (nSPS) is 26.0. The maximum absolute atomic E-state index is 12.1. The summed E-state index contributed by atoms with van der Waals surface area (Å²) in [5.74, 6) is -1.97. The van der Waals surface area contributed by atoms with Crippen LogP contribution in [0.3, 0.4) is 0 Å². The van der Waals surface area contributed by atoms with Gasteiger partial charge in [0.1, 0.15) is 0 Å². The van der Waals surface area contributed by atoms with Crippen molar-refractivity contribution >= 4 is 5.78 Å². The first kappa shape index (κ1) is 14.0. The summed E-state index contributed by atoms with van der Waals surface area (Å²) < 4.78 is 36.4. The minimum Gasteiger partial charge on any atom is -0.783 e. The largest absolute Gasteiger partial charge is 0.783 e. The first-order chi connectivity index (χ1) is 7.39. The summed E-state index contributed by atoms with van der Waals surface area (Å²) >= 11 is 0. The Morgan fingerprint density at radius 1 is 1.35 bits per heavy atom. The van der Waals surface area contributed by atoms with E-state index < -0.39 is 23.2 Å². The Bertz CT molecular complexity index is 372.